The molecule has 2 aromatic carbocycles. The number of hydrogen-bond donors (Lipinski definition) is 2. The number of carbonyl (C=O) groups excluding carboxylic acids is 2. The van der Waals surface area contributed by atoms with Gasteiger partial charge in [0.05, 0.1) is 35.5 Å². The fourth-order valence-corrected chi connectivity index (χ4v) is 5.01. The van der Waals surface area contributed by atoms with Crippen molar-refractivity contribution in [3.8, 4) is 0 Å². The summed E-state index contributed by atoms with van der Waals surface area (Å²) in [5, 5.41) is 17.1. The molecule has 0 aromatic heterocycles. The molecule has 0 heterocycles. The van der Waals surface area contributed by atoms with Crippen molar-refractivity contribution < 1.29 is 38.9 Å². The lowest BCUT2D eigenvalue weighted by Crippen LogP contribution is -2.15. The molecular formula is C38H56O8. The third kappa shape index (κ3) is 18.3. The summed E-state index contributed by atoms with van der Waals surface area (Å²) in [5.74, 6) is -3.33. The largest absolute Gasteiger partial charge is 0.478 e. The molecule has 8 heteroatoms. The first-order valence-corrected chi connectivity index (χ1v) is 17.3. The molecule has 0 unspecified atom stereocenters. The van der Waals surface area contributed by atoms with Gasteiger partial charge in [0, 0.05) is 0 Å². The highest BCUT2D eigenvalue weighted by atomic mass is 16.5. The van der Waals surface area contributed by atoms with Gasteiger partial charge in [-0.1, -0.05) is 141 Å². The van der Waals surface area contributed by atoms with Crippen LogP contribution in [0.25, 0.3) is 0 Å². The molecule has 256 valence electrons. The molecule has 0 radical (unpaired) electrons. The smallest absolute Gasteiger partial charge is 0.339 e. The molecule has 0 aliphatic carbocycles. The Morgan fingerprint density at radius 3 is 0.978 bits per heavy atom. The Hall–Kier alpha value is -3.68. The average molecular weight is 641 g/mol. The first-order chi connectivity index (χ1) is 22.3. The van der Waals surface area contributed by atoms with Crippen LogP contribution < -0.4 is 0 Å². The molecule has 0 aliphatic heterocycles. The molecule has 0 bridgehead atoms. The maximum absolute atomic E-state index is 12.5. The SMILES string of the molecule is CCCCCCCCCCCOC(=O)c1ccccc1C(=O)OCCCCCCCCCCC.O=C(O)c1ccccc1C(=O)O. The van der Waals surface area contributed by atoms with Gasteiger partial charge in [-0.15, -0.1) is 0 Å². The van der Waals surface area contributed by atoms with Crippen LogP contribution in [0.2, 0.25) is 0 Å². The second kappa shape index (κ2) is 26.5. The minimum Gasteiger partial charge on any atom is -0.478 e. The minimum atomic E-state index is -1.23. The molecule has 0 saturated carbocycles. The molecule has 0 saturated heterocycles. The quantitative estimate of drug-likeness (QED) is 0.0857. The highest BCUT2D eigenvalue weighted by Crippen LogP contribution is 2.15. The third-order valence-electron chi connectivity index (χ3n) is 7.72. The second-order valence-electron chi connectivity index (χ2n) is 11.6. The van der Waals surface area contributed by atoms with Gasteiger partial charge in [-0.3, -0.25) is 0 Å². The van der Waals surface area contributed by atoms with Crippen LogP contribution in [-0.4, -0.2) is 47.3 Å². The van der Waals surface area contributed by atoms with Crippen molar-refractivity contribution in [3.63, 3.8) is 0 Å². The van der Waals surface area contributed by atoms with E-state index in [9.17, 15) is 19.2 Å². The zero-order valence-corrected chi connectivity index (χ0v) is 28.1. The Bertz CT molecular complexity index is 1060. The maximum atomic E-state index is 12.5. The summed E-state index contributed by atoms with van der Waals surface area (Å²) in [5.41, 5.74) is 0.223. The molecule has 0 atom stereocenters. The number of hydrogen-bond acceptors (Lipinski definition) is 6. The van der Waals surface area contributed by atoms with Crippen LogP contribution in [0, 0.1) is 0 Å². The molecule has 2 N–H and O–H groups in total. The van der Waals surface area contributed by atoms with Crippen LogP contribution >= 0.6 is 0 Å². The fraction of sp³-hybridized carbons (Fsp3) is 0.579. The number of benzene rings is 2. The number of carbonyl (C=O) groups is 4. The van der Waals surface area contributed by atoms with Crippen molar-refractivity contribution in [3.05, 3.63) is 70.8 Å². The summed E-state index contributed by atoms with van der Waals surface area (Å²) in [6, 6.07) is 12.3. The summed E-state index contributed by atoms with van der Waals surface area (Å²) < 4.78 is 10.9. The van der Waals surface area contributed by atoms with Crippen molar-refractivity contribution in [1.82, 2.24) is 0 Å². The number of ether oxygens (including phenoxy) is 2. The van der Waals surface area contributed by atoms with Gasteiger partial charge < -0.3 is 19.7 Å². The van der Waals surface area contributed by atoms with Crippen molar-refractivity contribution in [2.75, 3.05) is 13.2 Å². The van der Waals surface area contributed by atoms with Crippen LogP contribution in [-0.2, 0) is 9.47 Å². The van der Waals surface area contributed by atoms with Crippen molar-refractivity contribution >= 4 is 23.9 Å². The van der Waals surface area contributed by atoms with E-state index < -0.39 is 23.9 Å². The molecule has 46 heavy (non-hydrogen) atoms. The first-order valence-electron chi connectivity index (χ1n) is 17.3. The van der Waals surface area contributed by atoms with E-state index in [4.69, 9.17) is 19.7 Å². The maximum Gasteiger partial charge on any atom is 0.339 e. The van der Waals surface area contributed by atoms with Gasteiger partial charge in [0.25, 0.3) is 0 Å². The van der Waals surface area contributed by atoms with Gasteiger partial charge in [-0.25, -0.2) is 19.2 Å². The van der Waals surface area contributed by atoms with E-state index in [2.05, 4.69) is 13.8 Å². The Morgan fingerprint density at radius 1 is 0.435 bits per heavy atom. The number of unbranched alkanes of at least 4 members (excludes halogenated alkanes) is 16. The lowest BCUT2D eigenvalue weighted by molar-refractivity contribution is 0.0450. The predicted molar refractivity (Wildman–Crippen MR) is 182 cm³/mol. The van der Waals surface area contributed by atoms with Gasteiger partial charge in [0.2, 0.25) is 0 Å². The number of rotatable bonds is 24. The first kappa shape index (κ1) is 40.3. The monoisotopic (exact) mass is 640 g/mol. The van der Waals surface area contributed by atoms with E-state index in [0.717, 1.165) is 25.7 Å². The number of carboxylic acids is 2. The van der Waals surface area contributed by atoms with Crippen LogP contribution in [0.3, 0.4) is 0 Å². The highest BCUT2D eigenvalue weighted by molar-refractivity contribution is 6.03. The van der Waals surface area contributed by atoms with Gasteiger partial charge in [-0.2, -0.15) is 0 Å². The topological polar surface area (TPSA) is 127 Å². The van der Waals surface area contributed by atoms with Crippen molar-refractivity contribution in [1.29, 1.82) is 0 Å². The summed E-state index contributed by atoms with van der Waals surface area (Å²) in [6.45, 7) is 5.27. The van der Waals surface area contributed by atoms with Crippen molar-refractivity contribution in [2.24, 2.45) is 0 Å². The molecular weight excluding hydrogens is 584 g/mol. The number of esters is 2. The molecule has 0 fully saturated rings. The summed E-state index contributed by atoms with van der Waals surface area (Å²) >= 11 is 0. The van der Waals surface area contributed by atoms with Gasteiger partial charge >= 0.3 is 23.9 Å². The van der Waals surface area contributed by atoms with E-state index in [1.807, 2.05) is 0 Å². The molecule has 0 spiro atoms. The third-order valence-corrected chi connectivity index (χ3v) is 7.72. The number of aromatic carboxylic acids is 2. The Kier molecular flexibility index (Phi) is 23.3. The van der Waals surface area contributed by atoms with Crippen LogP contribution in [0.15, 0.2) is 48.5 Å². The Labute approximate surface area is 275 Å². The van der Waals surface area contributed by atoms with Crippen LogP contribution in [0.4, 0.5) is 0 Å². The fourth-order valence-electron chi connectivity index (χ4n) is 5.01. The van der Waals surface area contributed by atoms with E-state index in [0.29, 0.717) is 24.3 Å². The lowest BCUT2D eigenvalue weighted by atomic mass is 10.1. The zero-order valence-electron chi connectivity index (χ0n) is 28.1. The second-order valence-corrected chi connectivity index (χ2v) is 11.6. The van der Waals surface area contributed by atoms with Crippen LogP contribution in [0.1, 0.15) is 171 Å². The van der Waals surface area contributed by atoms with Crippen molar-refractivity contribution in [2.45, 2.75) is 129 Å². The highest BCUT2D eigenvalue weighted by Gasteiger charge is 2.19. The standard InChI is InChI=1S/C30H50O4.C8H6O4/c1-3-5-7-9-11-13-15-17-21-25-33-29(31)27-23-19-20-24-28(27)30(32)34-26-22-18-16-14-12-10-8-6-4-2;9-7(10)5-3-1-2-4-6(5)8(11)12/h19-20,23-24H,3-18,21-22,25-26H2,1-2H3;1-4H,(H,9,10)(H,11,12). The summed E-state index contributed by atoms with van der Waals surface area (Å²) in [7, 11) is 0. The molecule has 2 rings (SSSR count). The van der Waals surface area contributed by atoms with E-state index >= 15 is 0 Å². The number of carboxylic acid groups (broad SMARTS) is 2. The van der Waals surface area contributed by atoms with Crippen LogP contribution in [0.5, 0.6) is 0 Å². The Balaban J connectivity index is 0.000000733. The summed E-state index contributed by atoms with van der Waals surface area (Å²) in [6.07, 6.45) is 21.9. The van der Waals surface area contributed by atoms with Gasteiger partial charge in [0.15, 0.2) is 0 Å². The molecule has 2 aromatic rings. The van der Waals surface area contributed by atoms with Gasteiger partial charge in [0.1, 0.15) is 0 Å². The van der Waals surface area contributed by atoms with E-state index in [1.165, 1.54) is 114 Å². The van der Waals surface area contributed by atoms with E-state index in [-0.39, 0.29) is 11.1 Å². The molecule has 0 amide bonds. The zero-order chi connectivity index (χ0) is 33.8. The molecule has 0 aliphatic rings. The van der Waals surface area contributed by atoms with E-state index in [1.54, 1.807) is 24.3 Å². The normalized spacial score (nSPS) is 10.5. The van der Waals surface area contributed by atoms with Gasteiger partial charge in [-0.05, 0) is 37.1 Å². The average Bonchev–Trinajstić information content (AvgIpc) is 3.06. The minimum absolute atomic E-state index is 0.190. The lowest BCUT2D eigenvalue weighted by Gasteiger charge is -2.10. The summed E-state index contributed by atoms with van der Waals surface area (Å²) in [4.78, 5) is 46.0. The Morgan fingerprint density at radius 2 is 0.696 bits per heavy atom. The predicted octanol–water partition coefficient (Wildman–Crippen LogP) is 10.1. The molecule has 8 nitrogen and oxygen atoms in total.